The number of carbonyl (C=O) groups excluding carboxylic acids is 3. The first-order chi connectivity index (χ1) is 13.5. The number of piperazine rings is 1. The van der Waals surface area contributed by atoms with E-state index in [9.17, 15) is 14.4 Å². The van der Waals surface area contributed by atoms with Crippen molar-refractivity contribution in [2.45, 2.75) is 64.5 Å². The van der Waals surface area contributed by atoms with Crippen LogP contribution in [0.3, 0.4) is 0 Å². The summed E-state index contributed by atoms with van der Waals surface area (Å²) in [5.74, 6) is -1.25. The summed E-state index contributed by atoms with van der Waals surface area (Å²) in [5, 5.41) is 3.07. The Labute approximate surface area is 167 Å². The molecule has 1 N–H and O–H groups in total. The molecule has 0 unspecified atom stereocenters. The molecule has 0 radical (unpaired) electrons. The van der Waals surface area contributed by atoms with Crippen molar-refractivity contribution in [3.8, 4) is 0 Å². The summed E-state index contributed by atoms with van der Waals surface area (Å²) in [5.41, 5.74) is 2.14. The highest BCUT2D eigenvalue weighted by Gasteiger charge is 2.33. The normalized spacial score (nSPS) is 19.3. The van der Waals surface area contributed by atoms with Crippen LogP contribution in [0.5, 0.6) is 0 Å². The van der Waals surface area contributed by atoms with Gasteiger partial charge in [-0.1, -0.05) is 56.4 Å². The SMILES string of the molecule is Cc1ccccc1CN1CCN(CC(=O)NC2CCCCCCC2)C(=O)C1=O. The number of nitrogens with one attached hydrogen (secondary N) is 1. The first kappa shape index (κ1) is 20.4. The number of nitrogens with zero attached hydrogens (tertiary/aromatic N) is 2. The minimum Gasteiger partial charge on any atom is -0.352 e. The topological polar surface area (TPSA) is 69.7 Å². The van der Waals surface area contributed by atoms with Gasteiger partial charge in [0, 0.05) is 25.7 Å². The second-order valence-electron chi connectivity index (χ2n) is 7.99. The van der Waals surface area contributed by atoms with E-state index in [1.54, 1.807) is 4.90 Å². The predicted molar refractivity (Wildman–Crippen MR) is 107 cm³/mol. The molecule has 6 heteroatoms. The molecule has 2 aliphatic rings. The number of amides is 3. The van der Waals surface area contributed by atoms with Gasteiger partial charge in [-0.3, -0.25) is 14.4 Å². The van der Waals surface area contributed by atoms with Gasteiger partial charge in [-0.05, 0) is 30.9 Å². The van der Waals surface area contributed by atoms with Gasteiger partial charge in [0.15, 0.2) is 0 Å². The number of aryl methyl sites for hydroxylation is 1. The molecular weight excluding hydrogens is 354 g/mol. The number of benzene rings is 1. The fraction of sp³-hybridized carbons (Fsp3) is 0.591. The number of hydrogen-bond acceptors (Lipinski definition) is 3. The van der Waals surface area contributed by atoms with Crippen LogP contribution in [0.2, 0.25) is 0 Å². The Kier molecular flexibility index (Phi) is 7.06. The lowest BCUT2D eigenvalue weighted by molar-refractivity contribution is -0.157. The Hall–Kier alpha value is -2.37. The van der Waals surface area contributed by atoms with Crippen LogP contribution in [0.25, 0.3) is 0 Å². The Morgan fingerprint density at radius 1 is 0.964 bits per heavy atom. The van der Waals surface area contributed by atoms with Gasteiger partial charge in [0.05, 0.1) is 0 Å². The largest absolute Gasteiger partial charge is 0.352 e. The first-order valence-corrected chi connectivity index (χ1v) is 10.5. The second-order valence-corrected chi connectivity index (χ2v) is 7.99. The van der Waals surface area contributed by atoms with Crippen molar-refractivity contribution in [3.63, 3.8) is 0 Å². The van der Waals surface area contributed by atoms with E-state index in [1.807, 2.05) is 31.2 Å². The van der Waals surface area contributed by atoms with Crippen LogP contribution in [0.4, 0.5) is 0 Å². The Morgan fingerprint density at radius 2 is 1.57 bits per heavy atom. The third-order valence-electron chi connectivity index (χ3n) is 5.82. The van der Waals surface area contributed by atoms with Gasteiger partial charge in [-0.25, -0.2) is 0 Å². The molecule has 0 spiro atoms. The number of carbonyl (C=O) groups is 3. The minimum absolute atomic E-state index is 0.0285. The van der Waals surface area contributed by atoms with Crippen molar-refractivity contribution in [2.24, 2.45) is 0 Å². The van der Waals surface area contributed by atoms with Crippen molar-refractivity contribution >= 4 is 17.7 Å². The Balaban J connectivity index is 1.51. The molecule has 1 heterocycles. The zero-order valence-corrected chi connectivity index (χ0v) is 16.8. The first-order valence-electron chi connectivity index (χ1n) is 10.5. The number of hydrogen-bond donors (Lipinski definition) is 1. The highest BCUT2D eigenvalue weighted by molar-refractivity contribution is 6.35. The van der Waals surface area contributed by atoms with Crippen molar-refractivity contribution < 1.29 is 14.4 Å². The molecule has 6 nitrogen and oxygen atoms in total. The van der Waals surface area contributed by atoms with Gasteiger partial charge < -0.3 is 15.1 Å². The van der Waals surface area contributed by atoms with E-state index >= 15 is 0 Å². The smallest absolute Gasteiger partial charge is 0.312 e. The molecular formula is C22H31N3O3. The molecule has 1 aromatic rings. The number of rotatable bonds is 5. The molecule has 3 amide bonds. The molecule has 152 valence electrons. The van der Waals surface area contributed by atoms with Crippen LogP contribution in [0.15, 0.2) is 24.3 Å². The van der Waals surface area contributed by atoms with E-state index < -0.39 is 11.8 Å². The van der Waals surface area contributed by atoms with Crippen molar-refractivity contribution in [2.75, 3.05) is 19.6 Å². The Bertz CT molecular complexity index is 711. The summed E-state index contributed by atoms with van der Waals surface area (Å²) in [7, 11) is 0. The fourth-order valence-electron chi connectivity index (χ4n) is 4.06. The van der Waals surface area contributed by atoms with Crippen LogP contribution in [0.1, 0.15) is 56.1 Å². The van der Waals surface area contributed by atoms with Gasteiger partial charge in [0.2, 0.25) is 5.91 Å². The highest BCUT2D eigenvalue weighted by Crippen LogP contribution is 2.17. The summed E-state index contributed by atoms with van der Waals surface area (Å²) in [6, 6.07) is 8.06. The summed E-state index contributed by atoms with van der Waals surface area (Å²) >= 11 is 0. The molecule has 28 heavy (non-hydrogen) atoms. The minimum atomic E-state index is -0.576. The molecule has 1 aromatic carbocycles. The van der Waals surface area contributed by atoms with Gasteiger partial charge in [-0.15, -0.1) is 0 Å². The zero-order valence-electron chi connectivity index (χ0n) is 16.8. The van der Waals surface area contributed by atoms with Crippen LogP contribution in [-0.2, 0) is 20.9 Å². The lowest BCUT2D eigenvalue weighted by Gasteiger charge is -2.34. The maximum atomic E-state index is 12.5. The van der Waals surface area contributed by atoms with Crippen LogP contribution < -0.4 is 5.32 Å². The van der Waals surface area contributed by atoms with E-state index in [0.717, 1.165) is 36.8 Å². The molecule has 0 aromatic heterocycles. The van der Waals surface area contributed by atoms with E-state index in [4.69, 9.17) is 0 Å². The summed E-state index contributed by atoms with van der Waals surface area (Å²) in [4.78, 5) is 40.4. The zero-order chi connectivity index (χ0) is 19.9. The van der Waals surface area contributed by atoms with E-state index in [1.165, 1.54) is 24.2 Å². The highest BCUT2D eigenvalue weighted by atomic mass is 16.2. The van der Waals surface area contributed by atoms with Gasteiger partial charge in [-0.2, -0.15) is 0 Å². The summed E-state index contributed by atoms with van der Waals surface area (Å²) < 4.78 is 0. The molecule has 0 atom stereocenters. The maximum absolute atomic E-state index is 12.5. The van der Waals surface area contributed by atoms with Crippen LogP contribution in [-0.4, -0.2) is 53.2 Å². The summed E-state index contributed by atoms with van der Waals surface area (Å²) in [6.07, 6.45) is 8.01. The van der Waals surface area contributed by atoms with Gasteiger partial charge in [0.1, 0.15) is 6.54 Å². The quantitative estimate of drug-likeness (QED) is 0.792. The maximum Gasteiger partial charge on any atom is 0.312 e. The lowest BCUT2D eigenvalue weighted by atomic mass is 9.97. The average molecular weight is 386 g/mol. The molecule has 1 aliphatic carbocycles. The molecule has 3 rings (SSSR count). The van der Waals surface area contributed by atoms with E-state index in [-0.39, 0.29) is 18.5 Å². The van der Waals surface area contributed by atoms with Crippen molar-refractivity contribution in [1.82, 2.24) is 15.1 Å². The molecule has 0 bridgehead atoms. The van der Waals surface area contributed by atoms with Crippen LogP contribution >= 0.6 is 0 Å². The Morgan fingerprint density at radius 3 is 2.29 bits per heavy atom. The van der Waals surface area contributed by atoms with Gasteiger partial charge >= 0.3 is 11.8 Å². The molecule has 2 fully saturated rings. The lowest BCUT2D eigenvalue weighted by Crippen LogP contribution is -2.56. The fourth-order valence-corrected chi connectivity index (χ4v) is 4.06. The third kappa shape index (κ3) is 5.33. The van der Waals surface area contributed by atoms with Crippen molar-refractivity contribution in [3.05, 3.63) is 35.4 Å². The molecule has 1 saturated carbocycles. The van der Waals surface area contributed by atoms with E-state index in [2.05, 4.69) is 5.32 Å². The third-order valence-corrected chi connectivity index (χ3v) is 5.82. The van der Waals surface area contributed by atoms with Crippen LogP contribution in [0, 0.1) is 6.92 Å². The summed E-state index contributed by atoms with van der Waals surface area (Å²) in [6.45, 7) is 3.25. The monoisotopic (exact) mass is 385 g/mol. The molecule has 1 saturated heterocycles. The molecule has 1 aliphatic heterocycles. The standard InChI is InChI=1S/C22H31N3O3/c1-17-9-7-8-10-18(17)15-24-13-14-25(22(28)21(24)27)16-20(26)23-19-11-5-3-2-4-6-12-19/h7-10,19H,2-6,11-16H2,1H3,(H,23,26). The van der Waals surface area contributed by atoms with Gasteiger partial charge in [0.25, 0.3) is 0 Å². The second kappa shape index (κ2) is 9.71. The van der Waals surface area contributed by atoms with Crippen molar-refractivity contribution in [1.29, 1.82) is 0 Å². The van der Waals surface area contributed by atoms with E-state index in [0.29, 0.717) is 19.6 Å². The average Bonchev–Trinajstić information content (AvgIpc) is 2.65. The predicted octanol–water partition coefficient (Wildman–Crippen LogP) is 2.39.